The Morgan fingerprint density at radius 3 is 2.66 bits per heavy atom. The van der Waals surface area contributed by atoms with Crippen molar-refractivity contribution in [3.63, 3.8) is 0 Å². The Labute approximate surface area is 184 Å². The number of benzene rings is 2. The first-order valence-corrected chi connectivity index (χ1v) is 10.7. The Hall–Kier alpha value is -2.21. The standard InChI is InChI=1S/C22H20Cl2N2O2S/c1-3-17-15(11-25-13(2)21(17)27)12-29-20-7-5-4-6-19(20)26-10-14-8-16(23)9-18(24)22(14)28/h4-11,27-28H,3,12H2,1-2H3. The molecular weight excluding hydrogens is 427 g/mol. The Morgan fingerprint density at radius 1 is 1.14 bits per heavy atom. The first kappa shape index (κ1) is 21.5. The molecule has 0 unspecified atom stereocenters. The van der Waals surface area contributed by atoms with Crippen molar-refractivity contribution < 1.29 is 10.2 Å². The number of rotatable bonds is 6. The van der Waals surface area contributed by atoms with Crippen LogP contribution >= 0.6 is 35.0 Å². The summed E-state index contributed by atoms with van der Waals surface area (Å²) in [6, 6.07) is 10.8. The van der Waals surface area contributed by atoms with Crippen LogP contribution in [0.5, 0.6) is 11.5 Å². The molecule has 0 spiro atoms. The molecule has 150 valence electrons. The topological polar surface area (TPSA) is 65.7 Å². The van der Waals surface area contributed by atoms with E-state index in [4.69, 9.17) is 23.2 Å². The molecule has 4 nitrogen and oxygen atoms in total. The molecule has 2 aromatic carbocycles. The lowest BCUT2D eigenvalue weighted by Crippen LogP contribution is -1.96. The second-order valence-corrected chi connectivity index (χ2v) is 8.25. The summed E-state index contributed by atoms with van der Waals surface area (Å²) in [6.45, 7) is 3.82. The van der Waals surface area contributed by atoms with Crippen LogP contribution in [-0.2, 0) is 12.2 Å². The zero-order chi connectivity index (χ0) is 21.0. The number of aliphatic imine (C=N–C) groups is 1. The normalized spacial score (nSPS) is 11.3. The zero-order valence-electron chi connectivity index (χ0n) is 16.0. The van der Waals surface area contributed by atoms with Gasteiger partial charge in [0, 0.05) is 39.2 Å². The number of para-hydroxylation sites is 1. The van der Waals surface area contributed by atoms with Crippen LogP contribution in [0.25, 0.3) is 0 Å². The van der Waals surface area contributed by atoms with Gasteiger partial charge in [-0.25, -0.2) is 0 Å². The van der Waals surface area contributed by atoms with Crippen molar-refractivity contribution in [2.24, 2.45) is 4.99 Å². The molecule has 1 aromatic heterocycles. The van der Waals surface area contributed by atoms with Crippen LogP contribution in [0.15, 0.2) is 52.5 Å². The summed E-state index contributed by atoms with van der Waals surface area (Å²) in [6.07, 6.45) is 4.10. The summed E-state index contributed by atoms with van der Waals surface area (Å²) in [7, 11) is 0. The van der Waals surface area contributed by atoms with Gasteiger partial charge in [0.2, 0.25) is 0 Å². The average molecular weight is 447 g/mol. The minimum absolute atomic E-state index is 0.0567. The summed E-state index contributed by atoms with van der Waals surface area (Å²) < 4.78 is 0. The van der Waals surface area contributed by atoms with Gasteiger partial charge in [-0.3, -0.25) is 9.98 Å². The molecular formula is C22H20Cl2N2O2S. The lowest BCUT2D eigenvalue weighted by atomic mass is 10.1. The van der Waals surface area contributed by atoms with E-state index in [1.54, 1.807) is 31.0 Å². The van der Waals surface area contributed by atoms with Crippen LogP contribution in [-0.4, -0.2) is 21.4 Å². The summed E-state index contributed by atoms with van der Waals surface area (Å²) in [4.78, 5) is 9.77. The van der Waals surface area contributed by atoms with Gasteiger partial charge in [0.1, 0.15) is 11.5 Å². The first-order valence-electron chi connectivity index (χ1n) is 9.01. The van der Waals surface area contributed by atoms with E-state index < -0.39 is 0 Å². The molecule has 0 saturated heterocycles. The molecule has 0 bridgehead atoms. The van der Waals surface area contributed by atoms with Gasteiger partial charge in [0.15, 0.2) is 0 Å². The van der Waals surface area contributed by atoms with Crippen molar-refractivity contribution in [3.05, 3.63) is 75.0 Å². The number of nitrogens with zero attached hydrogens (tertiary/aromatic N) is 2. The van der Waals surface area contributed by atoms with Crippen LogP contribution < -0.4 is 0 Å². The Kier molecular flexibility index (Phi) is 7.06. The summed E-state index contributed by atoms with van der Waals surface area (Å²) in [5.41, 5.74) is 3.77. The van der Waals surface area contributed by atoms with Crippen molar-refractivity contribution in [3.8, 4) is 11.5 Å². The molecule has 0 amide bonds. The molecule has 0 aliphatic heterocycles. The third-order valence-electron chi connectivity index (χ3n) is 4.43. The highest BCUT2D eigenvalue weighted by molar-refractivity contribution is 7.98. The highest BCUT2D eigenvalue weighted by Crippen LogP contribution is 2.35. The van der Waals surface area contributed by atoms with E-state index in [1.165, 1.54) is 6.07 Å². The van der Waals surface area contributed by atoms with Gasteiger partial charge in [0.25, 0.3) is 0 Å². The molecule has 0 aliphatic rings. The minimum Gasteiger partial charge on any atom is -0.506 e. The minimum atomic E-state index is -0.0567. The highest BCUT2D eigenvalue weighted by atomic mass is 35.5. The Bertz CT molecular complexity index is 1070. The van der Waals surface area contributed by atoms with Crippen LogP contribution in [0.4, 0.5) is 5.69 Å². The second kappa shape index (κ2) is 9.53. The monoisotopic (exact) mass is 446 g/mol. The quantitative estimate of drug-likeness (QED) is 0.326. The molecule has 7 heteroatoms. The molecule has 0 aliphatic carbocycles. The van der Waals surface area contributed by atoms with E-state index in [-0.39, 0.29) is 16.5 Å². The fourth-order valence-corrected chi connectivity index (χ4v) is 4.38. The third-order valence-corrected chi connectivity index (χ3v) is 6.05. The predicted molar refractivity (Wildman–Crippen MR) is 121 cm³/mol. The van der Waals surface area contributed by atoms with Gasteiger partial charge < -0.3 is 10.2 Å². The SMILES string of the molecule is CCc1c(CSc2ccccc2N=Cc2cc(Cl)cc(Cl)c2O)cnc(C)c1O. The van der Waals surface area contributed by atoms with Crippen LogP contribution in [0, 0.1) is 6.92 Å². The van der Waals surface area contributed by atoms with E-state index >= 15 is 0 Å². The number of aromatic hydroxyl groups is 2. The number of phenolic OH excluding ortho intramolecular Hbond substituents is 1. The number of aryl methyl sites for hydroxylation is 1. The van der Waals surface area contributed by atoms with Gasteiger partial charge in [-0.1, -0.05) is 42.3 Å². The zero-order valence-corrected chi connectivity index (χ0v) is 18.3. The fraction of sp³-hybridized carbons (Fsp3) is 0.182. The number of hydrogen-bond donors (Lipinski definition) is 2. The highest BCUT2D eigenvalue weighted by Gasteiger charge is 2.12. The maximum Gasteiger partial charge on any atom is 0.143 e. The van der Waals surface area contributed by atoms with Crippen molar-refractivity contribution >= 4 is 46.9 Å². The average Bonchev–Trinajstić information content (AvgIpc) is 2.71. The fourth-order valence-electron chi connectivity index (χ4n) is 2.87. The van der Waals surface area contributed by atoms with Gasteiger partial charge in [0.05, 0.1) is 16.4 Å². The smallest absolute Gasteiger partial charge is 0.143 e. The molecule has 0 saturated carbocycles. The van der Waals surface area contributed by atoms with Gasteiger partial charge in [-0.15, -0.1) is 11.8 Å². The van der Waals surface area contributed by atoms with E-state index in [0.717, 1.165) is 28.1 Å². The predicted octanol–water partition coefficient (Wildman–Crippen LogP) is 6.71. The Morgan fingerprint density at radius 2 is 1.90 bits per heavy atom. The summed E-state index contributed by atoms with van der Waals surface area (Å²) in [5.74, 6) is 0.870. The van der Waals surface area contributed by atoms with Crippen LogP contribution in [0.1, 0.15) is 29.3 Å². The molecule has 3 aromatic rings. The van der Waals surface area contributed by atoms with Gasteiger partial charge in [-0.05, 0) is 43.2 Å². The summed E-state index contributed by atoms with van der Waals surface area (Å²) in [5, 5.41) is 21.0. The lowest BCUT2D eigenvalue weighted by Gasteiger charge is -2.12. The molecule has 0 radical (unpaired) electrons. The van der Waals surface area contributed by atoms with Crippen molar-refractivity contribution in [2.75, 3.05) is 0 Å². The molecule has 29 heavy (non-hydrogen) atoms. The first-order chi connectivity index (χ1) is 13.9. The Balaban J connectivity index is 1.85. The van der Waals surface area contributed by atoms with E-state index in [9.17, 15) is 10.2 Å². The van der Waals surface area contributed by atoms with E-state index in [0.29, 0.717) is 22.0 Å². The van der Waals surface area contributed by atoms with Crippen LogP contribution in [0.2, 0.25) is 10.0 Å². The van der Waals surface area contributed by atoms with E-state index in [2.05, 4.69) is 9.98 Å². The summed E-state index contributed by atoms with van der Waals surface area (Å²) >= 11 is 13.6. The maximum atomic E-state index is 10.3. The van der Waals surface area contributed by atoms with Gasteiger partial charge >= 0.3 is 0 Å². The van der Waals surface area contributed by atoms with Crippen molar-refractivity contribution in [1.82, 2.24) is 4.98 Å². The number of phenols is 1. The number of halogens is 2. The lowest BCUT2D eigenvalue weighted by molar-refractivity contribution is 0.460. The van der Waals surface area contributed by atoms with Crippen molar-refractivity contribution in [2.45, 2.75) is 30.9 Å². The number of thioether (sulfide) groups is 1. The van der Waals surface area contributed by atoms with E-state index in [1.807, 2.05) is 37.4 Å². The second-order valence-electron chi connectivity index (χ2n) is 6.39. The number of aromatic nitrogens is 1. The van der Waals surface area contributed by atoms with Gasteiger partial charge in [-0.2, -0.15) is 0 Å². The molecule has 1 heterocycles. The molecule has 3 rings (SSSR count). The van der Waals surface area contributed by atoms with Crippen molar-refractivity contribution in [1.29, 1.82) is 0 Å². The number of hydrogen-bond acceptors (Lipinski definition) is 5. The largest absolute Gasteiger partial charge is 0.506 e. The van der Waals surface area contributed by atoms with Crippen LogP contribution in [0.3, 0.4) is 0 Å². The third kappa shape index (κ3) is 5.04. The molecule has 0 fully saturated rings. The maximum absolute atomic E-state index is 10.3. The molecule has 2 N–H and O–H groups in total. The molecule has 0 atom stereocenters. The number of pyridine rings is 1.